The van der Waals surface area contributed by atoms with E-state index in [4.69, 9.17) is 5.26 Å². The fourth-order valence-electron chi connectivity index (χ4n) is 1.49. The van der Waals surface area contributed by atoms with Gasteiger partial charge in [-0.1, -0.05) is 6.92 Å². The summed E-state index contributed by atoms with van der Waals surface area (Å²) in [5.41, 5.74) is 0.655. The van der Waals surface area contributed by atoms with E-state index in [2.05, 4.69) is 10.3 Å². The second-order valence-corrected chi connectivity index (χ2v) is 3.86. The number of carbonyl (C=O) groups excluding carboxylic acids is 1. The minimum absolute atomic E-state index is 0.174. The predicted octanol–water partition coefficient (Wildman–Crippen LogP) is 1.11. The van der Waals surface area contributed by atoms with Crippen LogP contribution in [0.2, 0.25) is 0 Å². The molecule has 17 heavy (non-hydrogen) atoms. The Kier molecular flexibility index (Phi) is 4.46. The molecule has 5 nitrogen and oxygen atoms in total. The number of nitriles is 1. The maximum atomic E-state index is 11.8. The molecular weight excluding hydrogens is 218 g/mol. The lowest BCUT2D eigenvalue weighted by Gasteiger charge is -2.13. The molecule has 0 aromatic carbocycles. The van der Waals surface area contributed by atoms with Crippen molar-refractivity contribution in [3.63, 3.8) is 0 Å². The van der Waals surface area contributed by atoms with Gasteiger partial charge in [-0.05, 0) is 19.4 Å². The van der Waals surface area contributed by atoms with E-state index >= 15 is 0 Å². The highest BCUT2D eigenvalue weighted by Gasteiger charge is 2.12. The average Bonchev–Trinajstić information content (AvgIpc) is 2.27. The van der Waals surface area contributed by atoms with Gasteiger partial charge in [-0.25, -0.2) is 0 Å². The summed E-state index contributed by atoms with van der Waals surface area (Å²) in [6.07, 6.45) is 0.950. The number of pyridine rings is 1. The lowest BCUT2D eigenvalue weighted by atomic mass is 10.1. The van der Waals surface area contributed by atoms with E-state index in [9.17, 15) is 9.59 Å². The number of hydrogen-bond donors (Lipinski definition) is 2. The Labute approximate surface area is 99.5 Å². The maximum absolute atomic E-state index is 11.8. The van der Waals surface area contributed by atoms with Gasteiger partial charge in [-0.2, -0.15) is 5.26 Å². The highest BCUT2D eigenvalue weighted by atomic mass is 16.2. The first-order valence-corrected chi connectivity index (χ1v) is 5.45. The molecule has 1 aromatic rings. The molecule has 1 atom stereocenters. The standard InChI is InChI=1S/C12H15N3O2/c1-3-10(4-5-13)15-12(17)9-6-8(2)14-11(16)7-9/h6-7,10H,3-4H2,1-2H3,(H,14,16)(H,15,17). The van der Waals surface area contributed by atoms with E-state index in [1.807, 2.05) is 13.0 Å². The van der Waals surface area contributed by atoms with Gasteiger partial charge in [0.05, 0.1) is 12.5 Å². The van der Waals surface area contributed by atoms with Crippen molar-refractivity contribution in [1.29, 1.82) is 5.26 Å². The smallest absolute Gasteiger partial charge is 0.251 e. The number of aromatic amines is 1. The van der Waals surface area contributed by atoms with Crippen LogP contribution in [0.15, 0.2) is 16.9 Å². The van der Waals surface area contributed by atoms with Crippen LogP contribution in [0.5, 0.6) is 0 Å². The number of nitrogens with zero attached hydrogens (tertiary/aromatic N) is 1. The van der Waals surface area contributed by atoms with Crippen LogP contribution in [-0.4, -0.2) is 16.9 Å². The van der Waals surface area contributed by atoms with Gasteiger partial charge in [0.15, 0.2) is 0 Å². The minimum Gasteiger partial charge on any atom is -0.348 e. The van der Waals surface area contributed by atoms with Crippen molar-refractivity contribution in [2.24, 2.45) is 0 Å². The first-order valence-electron chi connectivity index (χ1n) is 5.45. The van der Waals surface area contributed by atoms with Crippen molar-refractivity contribution in [1.82, 2.24) is 10.3 Å². The van der Waals surface area contributed by atoms with Crippen LogP contribution in [-0.2, 0) is 0 Å². The predicted molar refractivity (Wildman–Crippen MR) is 63.6 cm³/mol. The van der Waals surface area contributed by atoms with Gasteiger partial charge in [0.2, 0.25) is 5.56 Å². The van der Waals surface area contributed by atoms with Crippen LogP contribution in [0.3, 0.4) is 0 Å². The van der Waals surface area contributed by atoms with Crippen LogP contribution in [0, 0.1) is 18.3 Å². The van der Waals surface area contributed by atoms with Crippen molar-refractivity contribution in [3.8, 4) is 6.07 Å². The molecule has 1 aromatic heterocycles. The second-order valence-electron chi connectivity index (χ2n) is 3.86. The Morgan fingerprint density at radius 3 is 2.82 bits per heavy atom. The van der Waals surface area contributed by atoms with Gasteiger partial charge in [0.1, 0.15) is 0 Å². The summed E-state index contributed by atoms with van der Waals surface area (Å²) in [5, 5.41) is 11.3. The molecule has 1 amide bonds. The van der Waals surface area contributed by atoms with Crippen molar-refractivity contribution >= 4 is 5.91 Å². The monoisotopic (exact) mass is 233 g/mol. The van der Waals surface area contributed by atoms with Gasteiger partial charge in [0, 0.05) is 23.4 Å². The molecule has 0 aliphatic rings. The summed E-state index contributed by atoms with van der Waals surface area (Å²) >= 11 is 0. The lowest BCUT2D eigenvalue weighted by molar-refractivity contribution is 0.0936. The summed E-state index contributed by atoms with van der Waals surface area (Å²) in [7, 11) is 0. The number of rotatable bonds is 4. The zero-order chi connectivity index (χ0) is 12.8. The Balaban J connectivity index is 2.83. The average molecular weight is 233 g/mol. The third kappa shape index (κ3) is 3.76. The summed E-state index contributed by atoms with van der Waals surface area (Å²) in [5.74, 6) is -0.318. The second kappa shape index (κ2) is 5.85. The van der Waals surface area contributed by atoms with Crippen molar-refractivity contribution in [3.05, 3.63) is 33.7 Å². The third-order valence-corrected chi connectivity index (χ3v) is 2.41. The SMILES string of the molecule is CCC(CC#N)NC(=O)c1cc(C)[nH]c(=O)c1. The van der Waals surface area contributed by atoms with Crippen molar-refractivity contribution < 1.29 is 4.79 Å². The Hall–Kier alpha value is -2.09. The molecule has 0 radical (unpaired) electrons. The minimum atomic E-state index is -0.318. The van der Waals surface area contributed by atoms with E-state index in [0.717, 1.165) is 0 Å². The van der Waals surface area contributed by atoms with E-state index < -0.39 is 0 Å². The molecule has 0 saturated heterocycles. The van der Waals surface area contributed by atoms with Crippen molar-refractivity contribution in [2.75, 3.05) is 0 Å². The summed E-state index contributed by atoms with van der Waals surface area (Å²) in [6, 6.07) is 4.70. The molecule has 0 aliphatic heterocycles. The Bertz CT molecular complexity index is 499. The summed E-state index contributed by atoms with van der Waals surface area (Å²) in [6.45, 7) is 3.61. The van der Waals surface area contributed by atoms with Crippen LogP contribution in [0.25, 0.3) is 0 Å². The largest absolute Gasteiger partial charge is 0.348 e. The molecule has 0 bridgehead atoms. The normalized spacial score (nSPS) is 11.6. The summed E-state index contributed by atoms with van der Waals surface area (Å²) < 4.78 is 0. The quantitative estimate of drug-likeness (QED) is 0.816. The maximum Gasteiger partial charge on any atom is 0.251 e. The molecule has 0 aliphatic carbocycles. The number of carbonyl (C=O) groups is 1. The molecule has 0 spiro atoms. The van der Waals surface area contributed by atoms with Gasteiger partial charge in [0.25, 0.3) is 5.91 Å². The summed E-state index contributed by atoms with van der Waals surface area (Å²) in [4.78, 5) is 25.6. The molecule has 90 valence electrons. The van der Waals surface area contributed by atoms with Crippen LogP contribution < -0.4 is 10.9 Å². The van der Waals surface area contributed by atoms with Gasteiger partial charge < -0.3 is 10.3 Å². The molecule has 1 heterocycles. The topological polar surface area (TPSA) is 85.8 Å². The number of amides is 1. The number of aryl methyl sites for hydroxylation is 1. The number of aromatic nitrogens is 1. The number of hydrogen-bond acceptors (Lipinski definition) is 3. The Morgan fingerprint density at radius 1 is 1.59 bits per heavy atom. The molecule has 1 rings (SSSR count). The fourth-order valence-corrected chi connectivity index (χ4v) is 1.49. The molecule has 2 N–H and O–H groups in total. The Morgan fingerprint density at radius 2 is 2.29 bits per heavy atom. The van der Waals surface area contributed by atoms with Gasteiger partial charge in [-0.3, -0.25) is 9.59 Å². The molecule has 1 unspecified atom stereocenters. The molecular formula is C12H15N3O2. The highest BCUT2D eigenvalue weighted by Crippen LogP contribution is 2.01. The zero-order valence-corrected chi connectivity index (χ0v) is 9.91. The zero-order valence-electron chi connectivity index (χ0n) is 9.91. The number of H-pyrrole nitrogens is 1. The first-order chi connectivity index (χ1) is 8.06. The van der Waals surface area contributed by atoms with Crippen LogP contribution >= 0.6 is 0 Å². The third-order valence-electron chi connectivity index (χ3n) is 2.41. The van der Waals surface area contributed by atoms with Crippen LogP contribution in [0.4, 0.5) is 0 Å². The molecule has 5 heteroatoms. The van der Waals surface area contributed by atoms with Crippen LogP contribution in [0.1, 0.15) is 35.8 Å². The lowest BCUT2D eigenvalue weighted by Crippen LogP contribution is -2.34. The van der Waals surface area contributed by atoms with E-state index in [0.29, 0.717) is 17.7 Å². The van der Waals surface area contributed by atoms with Crippen molar-refractivity contribution in [2.45, 2.75) is 32.7 Å². The first kappa shape index (κ1) is 13.0. The fraction of sp³-hybridized carbons (Fsp3) is 0.417. The molecule has 0 saturated carbocycles. The van der Waals surface area contributed by atoms with E-state index in [1.165, 1.54) is 6.07 Å². The van der Waals surface area contributed by atoms with E-state index in [-0.39, 0.29) is 23.9 Å². The van der Waals surface area contributed by atoms with Gasteiger partial charge >= 0.3 is 0 Å². The van der Waals surface area contributed by atoms with E-state index in [1.54, 1.807) is 13.0 Å². The molecule has 0 fully saturated rings. The highest BCUT2D eigenvalue weighted by molar-refractivity contribution is 5.94. The number of nitrogens with one attached hydrogen (secondary N) is 2. The van der Waals surface area contributed by atoms with Gasteiger partial charge in [-0.15, -0.1) is 0 Å².